The van der Waals surface area contributed by atoms with Gasteiger partial charge in [-0.2, -0.15) is 4.31 Å². The molecule has 1 N–H and O–H groups in total. The molecule has 0 radical (unpaired) electrons. The molecule has 146 valence electrons. The highest BCUT2D eigenvalue weighted by Crippen LogP contribution is 2.27. The van der Waals surface area contributed by atoms with Crippen molar-refractivity contribution in [1.29, 1.82) is 0 Å². The molecule has 3 rings (SSSR count). The SMILES string of the molecule is Cc1ccc(C(=O)NCc2ccc(S(=O)(=O)N3CCCCCC3)s2)cc1C. The summed E-state index contributed by atoms with van der Waals surface area (Å²) in [6.45, 7) is 5.50. The summed E-state index contributed by atoms with van der Waals surface area (Å²) in [6.07, 6.45) is 4.02. The molecule has 1 aromatic carbocycles. The molecule has 1 aromatic heterocycles. The van der Waals surface area contributed by atoms with Crippen LogP contribution in [0.3, 0.4) is 0 Å². The van der Waals surface area contributed by atoms with Crippen LogP contribution in [0.2, 0.25) is 0 Å². The minimum Gasteiger partial charge on any atom is -0.347 e. The number of hydrogen-bond donors (Lipinski definition) is 1. The number of nitrogens with one attached hydrogen (secondary N) is 1. The van der Waals surface area contributed by atoms with E-state index in [0.717, 1.165) is 41.7 Å². The Morgan fingerprint density at radius 3 is 2.41 bits per heavy atom. The lowest BCUT2D eigenvalue weighted by molar-refractivity contribution is 0.0951. The number of aryl methyl sites for hydroxylation is 2. The second kappa shape index (κ2) is 8.54. The monoisotopic (exact) mass is 406 g/mol. The van der Waals surface area contributed by atoms with E-state index in [2.05, 4.69) is 5.32 Å². The van der Waals surface area contributed by atoms with E-state index in [9.17, 15) is 13.2 Å². The van der Waals surface area contributed by atoms with Gasteiger partial charge in [-0.05, 0) is 62.1 Å². The van der Waals surface area contributed by atoms with Crippen molar-refractivity contribution >= 4 is 27.3 Å². The first-order chi connectivity index (χ1) is 12.9. The van der Waals surface area contributed by atoms with Crippen molar-refractivity contribution in [3.8, 4) is 0 Å². The van der Waals surface area contributed by atoms with Crippen LogP contribution in [-0.2, 0) is 16.6 Å². The Labute approximate surface area is 165 Å². The molecule has 2 aromatic rings. The van der Waals surface area contributed by atoms with Gasteiger partial charge in [-0.25, -0.2) is 8.42 Å². The van der Waals surface area contributed by atoms with Gasteiger partial charge >= 0.3 is 0 Å². The average Bonchev–Trinajstić information content (AvgIpc) is 2.95. The third-order valence-corrected chi connectivity index (χ3v) is 8.44. The van der Waals surface area contributed by atoms with E-state index in [1.54, 1.807) is 22.5 Å². The quantitative estimate of drug-likeness (QED) is 0.820. The van der Waals surface area contributed by atoms with Crippen LogP contribution in [0.15, 0.2) is 34.5 Å². The van der Waals surface area contributed by atoms with Gasteiger partial charge in [-0.15, -0.1) is 11.3 Å². The van der Waals surface area contributed by atoms with Gasteiger partial charge in [0.05, 0.1) is 6.54 Å². The van der Waals surface area contributed by atoms with Gasteiger partial charge in [-0.1, -0.05) is 18.9 Å². The van der Waals surface area contributed by atoms with Crippen LogP contribution < -0.4 is 5.32 Å². The lowest BCUT2D eigenvalue weighted by atomic mass is 10.1. The maximum absolute atomic E-state index is 12.8. The number of hydrogen-bond acceptors (Lipinski definition) is 4. The fraction of sp³-hybridized carbons (Fsp3) is 0.450. The van der Waals surface area contributed by atoms with E-state index in [4.69, 9.17) is 0 Å². The van der Waals surface area contributed by atoms with Crippen LogP contribution in [0, 0.1) is 13.8 Å². The van der Waals surface area contributed by atoms with Crippen LogP contribution in [0.5, 0.6) is 0 Å². The minimum absolute atomic E-state index is 0.150. The van der Waals surface area contributed by atoms with Crippen LogP contribution in [-0.4, -0.2) is 31.7 Å². The van der Waals surface area contributed by atoms with E-state index >= 15 is 0 Å². The van der Waals surface area contributed by atoms with Gasteiger partial charge in [-0.3, -0.25) is 4.79 Å². The Morgan fingerprint density at radius 2 is 1.74 bits per heavy atom. The molecule has 1 fully saturated rings. The van der Waals surface area contributed by atoms with Crippen molar-refractivity contribution in [3.05, 3.63) is 51.9 Å². The summed E-state index contributed by atoms with van der Waals surface area (Å²) < 4.78 is 27.6. The number of carbonyl (C=O) groups excluding carboxylic acids is 1. The maximum Gasteiger partial charge on any atom is 0.252 e. The predicted octanol–water partition coefficient (Wildman–Crippen LogP) is 3.86. The smallest absolute Gasteiger partial charge is 0.252 e. The van der Waals surface area contributed by atoms with Crippen molar-refractivity contribution in [2.24, 2.45) is 0 Å². The summed E-state index contributed by atoms with van der Waals surface area (Å²) in [5.41, 5.74) is 2.84. The van der Waals surface area contributed by atoms with Crippen molar-refractivity contribution < 1.29 is 13.2 Å². The molecular formula is C20H26N2O3S2. The zero-order valence-electron chi connectivity index (χ0n) is 15.8. The minimum atomic E-state index is -3.43. The van der Waals surface area contributed by atoms with Gasteiger partial charge in [0, 0.05) is 23.5 Å². The number of thiophene rings is 1. The van der Waals surface area contributed by atoms with Gasteiger partial charge in [0.15, 0.2) is 0 Å². The van der Waals surface area contributed by atoms with E-state index in [0.29, 0.717) is 29.4 Å². The lowest BCUT2D eigenvalue weighted by Crippen LogP contribution is -2.31. The summed E-state index contributed by atoms with van der Waals surface area (Å²) >= 11 is 1.24. The lowest BCUT2D eigenvalue weighted by Gasteiger charge is -2.18. The first-order valence-corrected chi connectivity index (χ1v) is 11.6. The molecule has 0 spiro atoms. The normalized spacial score (nSPS) is 16.1. The van der Waals surface area contributed by atoms with E-state index in [1.807, 2.05) is 26.0 Å². The second-order valence-corrected chi connectivity index (χ2v) is 10.4. The van der Waals surface area contributed by atoms with Crippen LogP contribution >= 0.6 is 11.3 Å². The van der Waals surface area contributed by atoms with E-state index in [1.165, 1.54) is 11.3 Å². The third-order valence-electron chi connectivity index (χ3n) is 4.99. The first-order valence-electron chi connectivity index (χ1n) is 9.32. The van der Waals surface area contributed by atoms with Gasteiger partial charge in [0.25, 0.3) is 15.9 Å². The molecule has 5 nitrogen and oxygen atoms in total. The number of rotatable bonds is 5. The summed E-state index contributed by atoms with van der Waals surface area (Å²) in [7, 11) is -3.43. The zero-order chi connectivity index (χ0) is 19.4. The standard InChI is InChI=1S/C20H26N2O3S2/c1-15-7-8-17(13-16(15)2)20(23)21-14-18-9-10-19(26-18)27(24,25)22-11-5-3-4-6-12-22/h7-10,13H,3-6,11-12,14H2,1-2H3,(H,21,23). The van der Waals surface area contributed by atoms with Crippen LogP contribution in [0.4, 0.5) is 0 Å². The predicted molar refractivity (Wildman–Crippen MR) is 109 cm³/mol. The Balaban J connectivity index is 1.65. The van der Waals surface area contributed by atoms with E-state index < -0.39 is 10.0 Å². The molecule has 1 amide bonds. The van der Waals surface area contributed by atoms with Crippen molar-refractivity contribution in [2.45, 2.75) is 50.3 Å². The molecule has 0 saturated carbocycles. The Hall–Kier alpha value is -1.70. The zero-order valence-corrected chi connectivity index (χ0v) is 17.5. The first kappa shape index (κ1) is 20.0. The summed E-state index contributed by atoms with van der Waals surface area (Å²) in [6, 6.07) is 9.05. The number of nitrogens with zero attached hydrogens (tertiary/aromatic N) is 1. The number of amides is 1. The van der Waals surface area contributed by atoms with Gasteiger partial charge < -0.3 is 5.32 Å². The van der Waals surface area contributed by atoms with Crippen LogP contribution in [0.1, 0.15) is 52.0 Å². The highest BCUT2D eigenvalue weighted by Gasteiger charge is 2.26. The molecule has 2 heterocycles. The molecule has 0 aliphatic carbocycles. The summed E-state index contributed by atoms with van der Waals surface area (Å²) in [4.78, 5) is 13.2. The highest BCUT2D eigenvalue weighted by molar-refractivity contribution is 7.91. The summed E-state index contributed by atoms with van der Waals surface area (Å²) in [5, 5.41) is 2.88. The molecule has 0 bridgehead atoms. The summed E-state index contributed by atoms with van der Waals surface area (Å²) in [5.74, 6) is -0.150. The van der Waals surface area contributed by atoms with Crippen molar-refractivity contribution in [1.82, 2.24) is 9.62 Å². The fourth-order valence-electron chi connectivity index (χ4n) is 3.15. The van der Waals surface area contributed by atoms with Gasteiger partial charge in [0.1, 0.15) is 4.21 Å². The Morgan fingerprint density at radius 1 is 1.04 bits per heavy atom. The molecule has 27 heavy (non-hydrogen) atoms. The molecule has 1 aliphatic rings. The number of benzene rings is 1. The molecular weight excluding hydrogens is 380 g/mol. The molecule has 7 heteroatoms. The van der Waals surface area contributed by atoms with Crippen LogP contribution in [0.25, 0.3) is 0 Å². The van der Waals surface area contributed by atoms with Gasteiger partial charge in [0.2, 0.25) is 0 Å². The molecule has 0 unspecified atom stereocenters. The van der Waals surface area contributed by atoms with Crippen molar-refractivity contribution in [3.63, 3.8) is 0 Å². The maximum atomic E-state index is 12.8. The third kappa shape index (κ3) is 4.78. The highest BCUT2D eigenvalue weighted by atomic mass is 32.2. The topological polar surface area (TPSA) is 66.5 Å². The average molecular weight is 407 g/mol. The Kier molecular flexibility index (Phi) is 6.34. The molecule has 1 saturated heterocycles. The van der Waals surface area contributed by atoms with E-state index in [-0.39, 0.29) is 5.91 Å². The fourth-order valence-corrected chi connectivity index (χ4v) is 6.12. The molecule has 1 aliphatic heterocycles. The number of sulfonamides is 1. The molecule has 0 atom stereocenters. The van der Waals surface area contributed by atoms with Crippen molar-refractivity contribution in [2.75, 3.05) is 13.1 Å². The largest absolute Gasteiger partial charge is 0.347 e. The number of carbonyl (C=O) groups is 1. The Bertz CT molecular complexity index is 911. The second-order valence-electron chi connectivity index (χ2n) is 7.02.